The largest absolute Gasteiger partial charge is 0.212 e. The zero-order valence-corrected chi connectivity index (χ0v) is 14.5. The first-order valence-corrected chi connectivity index (χ1v) is 9.41. The maximum absolute atomic E-state index is 14.6. The molecule has 1 unspecified atom stereocenters. The van der Waals surface area contributed by atoms with Gasteiger partial charge in [-0.05, 0) is 80.4 Å². The summed E-state index contributed by atoms with van der Waals surface area (Å²) in [7, 11) is 0. The average molecular weight is 336 g/mol. The topological polar surface area (TPSA) is 0 Å². The molecule has 3 heteroatoms. The summed E-state index contributed by atoms with van der Waals surface area (Å²) in [5, 5.41) is 0. The Bertz CT molecular complexity index is 574. The molecule has 2 aliphatic rings. The SMILES string of the molecule is CCC[C@H]1CC[C@H](c2cc(F)c(C3CC=C(F)CC3)c(F)c2)CC1. The zero-order valence-electron chi connectivity index (χ0n) is 14.5. The molecule has 0 heterocycles. The molecule has 1 aromatic rings. The second-order valence-electron chi connectivity index (χ2n) is 7.53. The van der Waals surface area contributed by atoms with Crippen LogP contribution in [0.5, 0.6) is 0 Å². The van der Waals surface area contributed by atoms with E-state index in [0.29, 0.717) is 12.8 Å². The van der Waals surface area contributed by atoms with Gasteiger partial charge in [0.2, 0.25) is 0 Å². The van der Waals surface area contributed by atoms with Crippen LogP contribution < -0.4 is 0 Å². The molecule has 2 aliphatic carbocycles. The number of hydrogen-bond donors (Lipinski definition) is 0. The van der Waals surface area contributed by atoms with Gasteiger partial charge in [0.05, 0.1) is 5.83 Å². The Morgan fingerprint density at radius 2 is 1.58 bits per heavy atom. The summed E-state index contributed by atoms with van der Waals surface area (Å²) in [6.07, 6.45) is 9.48. The molecule has 0 aromatic heterocycles. The summed E-state index contributed by atoms with van der Waals surface area (Å²) in [4.78, 5) is 0. The standard InChI is InChI=1S/C21H27F3/c1-2-3-14-4-6-15(7-5-14)17-12-19(23)21(20(24)13-17)16-8-10-18(22)11-9-16/h10,12-16H,2-9,11H2,1H3/t14-,15-,16?. The summed E-state index contributed by atoms with van der Waals surface area (Å²) < 4.78 is 42.3. The molecule has 0 N–H and O–H groups in total. The van der Waals surface area contributed by atoms with Gasteiger partial charge in [0.25, 0.3) is 0 Å². The Balaban J connectivity index is 1.73. The summed E-state index contributed by atoms with van der Waals surface area (Å²) in [5.74, 6) is -0.224. The smallest absolute Gasteiger partial charge is 0.129 e. The minimum Gasteiger partial charge on any atom is -0.212 e. The van der Waals surface area contributed by atoms with Crippen LogP contribution in [0.2, 0.25) is 0 Å². The van der Waals surface area contributed by atoms with Crippen LogP contribution in [-0.2, 0) is 0 Å². The van der Waals surface area contributed by atoms with Crippen molar-refractivity contribution in [3.05, 3.63) is 46.8 Å². The minimum absolute atomic E-state index is 0.155. The van der Waals surface area contributed by atoms with Crippen LogP contribution in [0.15, 0.2) is 24.0 Å². The first kappa shape index (κ1) is 17.6. The van der Waals surface area contributed by atoms with E-state index in [0.717, 1.165) is 37.2 Å². The van der Waals surface area contributed by atoms with Crippen LogP contribution in [0.3, 0.4) is 0 Å². The van der Waals surface area contributed by atoms with Crippen molar-refractivity contribution in [3.8, 4) is 0 Å². The van der Waals surface area contributed by atoms with Crippen LogP contribution >= 0.6 is 0 Å². The number of hydrogen-bond acceptors (Lipinski definition) is 0. The lowest BCUT2D eigenvalue weighted by atomic mass is 9.76. The molecule has 0 aliphatic heterocycles. The predicted molar refractivity (Wildman–Crippen MR) is 91.7 cm³/mol. The van der Waals surface area contributed by atoms with Gasteiger partial charge in [0.1, 0.15) is 11.6 Å². The molecule has 0 amide bonds. The van der Waals surface area contributed by atoms with Crippen molar-refractivity contribution < 1.29 is 13.2 Å². The maximum atomic E-state index is 14.6. The molecule has 1 atom stereocenters. The average Bonchev–Trinajstić information content (AvgIpc) is 2.57. The Labute approximate surface area is 143 Å². The van der Waals surface area contributed by atoms with E-state index in [1.54, 1.807) is 0 Å². The van der Waals surface area contributed by atoms with E-state index in [2.05, 4.69) is 6.92 Å². The van der Waals surface area contributed by atoms with Gasteiger partial charge in [0.15, 0.2) is 0 Å². The van der Waals surface area contributed by atoms with Crippen molar-refractivity contribution in [3.63, 3.8) is 0 Å². The molecule has 1 aromatic carbocycles. The van der Waals surface area contributed by atoms with Crippen molar-refractivity contribution in [1.82, 2.24) is 0 Å². The first-order valence-electron chi connectivity index (χ1n) is 9.41. The molecule has 132 valence electrons. The molecule has 24 heavy (non-hydrogen) atoms. The van der Waals surface area contributed by atoms with Gasteiger partial charge < -0.3 is 0 Å². The molecular formula is C21H27F3. The Morgan fingerprint density at radius 1 is 0.917 bits per heavy atom. The second kappa shape index (κ2) is 7.76. The van der Waals surface area contributed by atoms with Gasteiger partial charge in [-0.2, -0.15) is 0 Å². The van der Waals surface area contributed by atoms with Crippen molar-refractivity contribution >= 4 is 0 Å². The number of benzene rings is 1. The maximum Gasteiger partial charge on any atom is 0.129 e. The Hall–Kier alpha value is -1.25. The fraction of sp³-hybridized carbons (Fsp3) is 0.619. The van der Waals surface area contributed by atoms with E-state index in [1.165, 1.54) is 31.1 Å². The quantitative estimate of drug-likeness (QED) is 0.547. The van der Waals surface area contributed by atoms with Gasteiger partial charge in [-0.3, -0.25) is 0 Å². The Morgan fingerprint density at radius 3 is 2.12 bits per heavy atom. The minimum atomic E-state index is -0.443. The third-order valence-corrected chi connectivity index (χ3v) is 5.88. The van der Waals surface area contributed by atoms with Gasteiger partial charge >= 0.3 is 0 Å². The van der Waals surface area contributed by atoms with Crippen LogP contribution in [0.1, 0.15) is 87.7 Å². The fourth-order valence-corrected chi connectivity index (χ4v) is 4.49. The van der Waals surface area contributed by atoms with E-state index >= 15 is 0 Å². The fourth-order valence-electron chi connectivity index (χ4n) is 4.49. The summed E-state index contributed by atoms with van der Waals surface area (Å²) in [6.45, 7) is 2.21. The zero-order chi connectivity index (χ0) is 17.1. The predicted octanol–water partition coefficient (Wildman–Crippen LogP) is 7.16. The van der Waals surface area contributed by atoms with E-state index in [-0.39, 0.29) is 29.6 Å². The third-order valence-electron chi connectivity index (χ3n) is 5.88. The lowest BCUT2D eigenvalue weighted by Crippen LogP contribution is -2.15. The molecule has 3 rings (SSSR count). The first-order chi connectivity index (χ1) is 11.6. The monoisotopic (exact) mass is 336 g/mol. The highest BCUT2D eigenvalue weighted by atomic mass is 19.1. The normalized spacial score (nSPS) is 27.8. The lowest BCUT2D eigenvalue weighted by molar-refractivity contribution is 0.307. The Kier molecular flexibility index (Phi) is 5.68. The molecule has 0 saturated heterocycles. The van der Waals surface area contributed by atoms with Gasteiger partial charge in [0, 0.05) is 5.56 Å². The second-order valence-corrected chi connectivity index (χ2v) is 7.53. The van der Waals surface area contributed by atoms with E-state index in [1.807, 2.05) is 0 Å². The summed E-state index contributed by atoms with van der Waals surface area (Å²) in [5.41, 5.74) is 0.961. The van der Waals surface area contributed by atoms with Crippen LogP contribution in [0, 0.1) is 17.6 Å². The van der Waals surface area contributed by atoms with Crippen molar-refractivity contribution in [2.75, 3.05) is 0 Å². The van der Waals surface area contributed by atoms with Gasteiger partial charge in [-0.1, -0.05) is 25.8 Å². The number of rotatable bonds is 4. The molecule has 0 spiro atoms. The van der Waals surface area contributed by atoms with Gasteiger partial charge in [-0.15, -0.1) is 0 Å². The summed E-state index contributed by atoms with van der Waals surface area (Å²) >= 11 is 0. The van der Waals surface area contributed by atoms with Gasteiger partial charge in [-0.25, -0.2) is 13.2 Å². The highest BCUT2D eigenvalue weighted by Gasteiger charge is 2.27. The number of allylic oxidation sites excluding steroid dienone is 2. The van der Waals surface area contributed by atoms with Crippen LogP contribution in [0.4, 0.5) is 13.2 Å². The molecular weight excluding hydrogens is 309 g/mol. The molecule has 1 fully saturated rings. The highest BCUT2D eigenvalue weighted by Crippen LogP contribution is 2.40. The highest BCUT2D eigenvalue weighted by molar-refractivity contribution is 5.32. The number of halogens is 3. The van der Waals surface area contributed by atoms with Crippen LogP contribution in [-0.4, -0.2) is 0 Å². The molecule has 0 radical (unpaired) electrons. The van der Waals surface area contributed by atoms with Crippen LogP contribution in [0.25, 0.3) is 0 Å². The van der Waals surface area contributed by atoms with E-state index in [9.17, 15) is 13.2 Å². The van der Waals surface area contributed by atoms with Crippen molar-refractivity contribution in [2.24, 2.45) is 5.92 Å². The third kappa shape index (κ3) is 3.87. The molecule has 0 bridgehead atoms. The van der Waals surface area contributed by atoms with E-state index in [4.69, 9.17) is 0 Å². The van der Waals surface area contributed by atoms with E-state index < -0.39 is 11.6 Å². The van der Waals surface area contributed by atoms with Crippen molar-refractivity contribution in [2.45, 2.75) is 76.5 Å². The molecule has 0 nitrogen and oxygen atoms in total. The summed E-state index contributed by atoms with van der Waals surface area (Å²) in [6, 6.07) is 3.08. The molecule has 1 saturated carbocycles. The lowest BCUT2D eigenvalue weighted by Gasteiger charge is -2.29. The van der Waals surface area contributed by atoms with Crippen molar-refractivity contribution in [1.29, 1.82) is 0 Å².